The number of nitrogens with two attached hydrogens (primary N) is 1. The van der Waals surface area contributed by atoms with Crippen LogP contribution < -0.4 is 10.3 Å². The molecule has 0 aromatic carbocycles. The second-order valence-electron chi connectivity index (χ2n) is 6.15. The SMILES string of the molecule is N[C@H]1C(=O)N2C(C(=O)O)=C(C[n+]3cccc4c3CCC4)CS[C@@H]12. The summed E-state index contributed by atoms with van der Waals surface area (Å²) in [6.07, 6.45) is 5.24. The molecule has 3 N–H and O–H groups in total. The molecule has 1 aromatic heterocycles. The number of aliphatic carboxylic acids is 1. The van der Waals surface area contributed by atoms with Gasteiger partial charge >= 0.3 is 5.97 Å². The van der Waals surface area contributed by atoms with Crippen LogP contribution in [0.3, 0.4) is 0 Å². The van der Waals surface area contributed by atoms with Crippen LogP contribution in [0.25, 0.3) is 0 Å². The number of hydrogen-bond acceptors (Lipinski definition) is 4. The van der Waals surface area contributed by atoms with Crippen molar-refractivity contribution in [3.8, 4) is 0 Å². The Labute approximate surface area is 138 Å². The van der Waals surface area contributed by atoms with E-state index in [1.165, 1.54) is 16.2 Å². The van der Waals surface area contributed by atoms with E-state index in [1.807, 2.05) is 12.3 Å². The molecule has 2 atom stereocenters. The van der Waals surface area contributed by atoms with Gasteiger partial charge in [-0.25, -0.2) is 4.79 Å². The maximum Gasteiger partial charge on any atom is 0.352 e. The number of carbonyl (C=O) groups excluding carboxylic acids is 1. The fourth-order valence-corrected chi connectivity index (χ4v) is 4.95. The van der Waals surface area contributed by atoms with Gasteiger partial charge in [0.1, 0.15) is 17.1 Å². The van der Waals surface area contributed by atoms with E-state index < -0.39 is 12.0 Å². The number of fused-ring (bicyclic) bond motifs is 2. The highest BCUT2D eigenvalue weighted by molar-refractivity contribution is 8.00. The zero-order valence-electron chi connectivity index (χ0n) is 12.6. The summed E-state index contributed by atoms with van der Waals surface area (Å²) in [6.45, 7) is 0.517. The van der Waals surface area contributed by atoms with Crippen LogP contribution in [-0.4, -0.2) is 39.1 Å². The van der Waals surface area contributed by atoms with Crippen LogP contribution in [-0.2, 0) is 29.0 Å². The van der Waals surface area contributed by atoms with E-state index >= 15 is 0 Å². The summed E-state index contributed by atoms with van der Waals surface area (Å²) in [7, 11) is 0. The van der Waals surface area contributed by atoms with Crippen LogP contribution in [0.5, 0.6) is 0 Å². The number of rotatable bonds is 3. The van der Waals surface area contributed by atoms with Gasteiger partial charge in [-0.15, -0.1) is 11.8 Å². The van der Waals surface area contributed by atoms with Crippen molar-refractivity contribution in [1.29, 1.82) is 0 Å². The number of carbonyl (C=O) groups is 2. The Morgan fingerprint density at radius 1 is 1.48 bits per heavy atom. The number of hydrogen-bond donors (Lipinski definition) is 2. The van der Waals surface area contributed by atoms with Crippen LogP contribution in [0.1, 0.15) is 17.7 Å². The summed E-state index contributed by atoms with van der Waals surface area (Å²) in [5, 5.41) is 9.36. The number of pyridine rings is 1. The van der Waals surface area contributed by atoms with Crippen LogP contribution in [0.2, 0.25) is 0 Å². The molecule has 0 saturated carbocycles. The van der Waals surface area contributed by atoms with Crippen molar-refractivity contribution in [2.75, 3.05) is 5.75 Å². The Bertz CT molecular complexity index is 746. The predicted molar refractivity (Wildman–Crippen MR) is 84.4 cm³/mol. The van der Waals surface area contributed by atoms with Crippen molar-refractivity contribution in [3.63, 3.8) is 0 Å². The molecule has 2 aliphatic heterocycles. The van der Waals surface area contributed by atoms with Gasteiger partial charge in [0.05, 0.1) is 0 Å². The van der Waals surface area contributed by atoms with Gasteiger partial charge in [0.2, 0.25) is 5.91 Å². The fraction of sp³-hybridized carbons (Fsp3) is 0.438. The van der Waals surface area contributed by atoms with Gasteiger partial charge < -0.3 is 10.8 Å². The average Bonchev–Trinajstić information content (AvgIpc) is 3.03. The lowest BCUT2D eigenvalue weighted by molar-refractivity contribution is -0.696. The van der Waals surface area contributed by atoms with Crippen LogP contribution in [0.15, 0.2) is 29.6 Å². The standard InChI is InChI=1S/C16H17N3O3S/c17-12-14(20)19-13(16(21)22)10(8-23-15(12)19)7-18-6-2-4-9-3-1-5-11(9)18/h2,4,6,12,15H,1,3,5,7-8,17H2/p+1/t12-,15-/m0/s1. The van der Waals surface area contributed by atoms with Gasteiger partial charge in [0, 0.05) is 29.4 Å². The predicted octanol–water partition coefficient (Wildman–Crippen LogP) is 0.0439. The smallest absolute Gasteiger partial charge is 0.352 e. The molecule has 1 saturated heterocycles. The molecular formula is C16H18N3O3S+. The van der Waals surface area contributed by atoms with Crippen LogP contribution in [0.4, 0.5) is 0 Å². The summed E-state index contributed by atoms with van der Waals surface area (Å²) in [5.41, 5.74) is 9.31. The van der Waals surface area contributed by atoms with E-state index in [4.69, 9.17) is 5.73 Å². The minimum Gasteiger partial charge on any atom is -0.477 e. The molecule has 0 spiro atoms. The summed E-state index contributed by atoms with van der Waals surface area (Å²) in [5.74, 6) is -0.736. The van der Waals surface area contributed by atoms with Gasteiger partial charge in [-0.05, 0) is 18.9 Å². The summed E-state index contributed by atoms with van der Waals surface area (Å²) in [6, 6.07) is 3.56. The summed E-state index contributed by atoms with van der Waals surface area (Å²) < 4.78 is 2.13. The lowest BCUT2D eigenvalue weighted by Crippen LogP contribution is -2.68. The van der Waals surface area contributed by atoms with E-state index in [2.05, 4.69) is 10.6 Å². The molecular weight excluding hydrogens is 314 g/mol. The third kappa shape index (κ3) is 2.18. The molecule has 1 aliphatic carbocycles. The highest BCUT2D eigenvalue weighted by atomic mass is 32.2. The third-order valence-corrected chi connectivity index (χ3v) is 6.15. The maximum atomic E-state index is 12.0. The molecule has 23 heavy (non-hydrogen) atoms. The number of carboxylic acid groups (broad SMARTS) is 1. The average molecular weight is 332 g/mol. The molecule has 3 heterocycles. The van der Waals surface area contributed by atoms with E-state index in [-0.39, 0.29) is 17.0 Å². The van der Waals surface area contributed by atoms with Gasteiger partial charge in [0.25, 0.3) is 0 Å². The molecule has 0 bridgehead atoms. The largest absolute Gasteiger partial charge is 0.477 e. The molecule has 7 heteroatoms. The quantitative estimate of drug-likeness (QED) is 0.603. The maximum absolute atomic E-state index is 12.0. The van der Waals surface area contributed by atoms with Crippen molar-refractivity contribution >= 4 is 23.6 Å². The molecule has 3 aliphatic rings. The van der Waals surface area contributed by atoms with E-state index in [9.17, 15) is 14.7 Å². The molecule has 6 nitrogen and oxygen atoms in total. The first-order valence-corrected chi connectivity index (χ1v) is 8.78. The molecule has 1 amide bonds. The second-order valence-corrected chi connectivity index (χ2v) is 7.26. The van der Waals surface area contributed by atoms with Gasteiger partial charge in [-0.2, -0.15) is 4.57 Å². The number of aryl methyl sites for hydroxylation is 1. The Morgan fingerprint density at radius 2 is 2.30 bits per heavy atom. The van der Waals surface area contributed by atoms with Crippen molar-refractivity contribution in [2.45, 2.75) is 37.2 Å². The van der Waals surface area contributed by atoms with E-state index in [0.717, 1.165) is 24.8 Å². The number of thioether (sulfide) groups is 1. The van der Waals surface area contributed by atoms with Gasteiger partial charge in [-0.1, -0.05) is 0 Å². The molecule has 0 unspecified atom stereocenters. The van der Waals surface area contributed by atoms with Crippen LogP contribution in [0, 0.1) is 0 Å². The zero-order chi connectivity index (χ0) is 16.1. The Balaban J connectivity index is 1.71. The first kappa shape index (κ1) is 14.7. The van der Waals surface area contributed by atoms with E-state index in [1.54, 1.807) is 11.8 Å². The first-order valence-electron chi connectivity index (χ1n) is 7.73. The normalized spacial score (nSPS) is 26.0. The van der Waals surface area contributed by atoms with Crippen molar-refractivity contribution in [3.05, 3.63) is 40.9 Å². The minimum atomic E-state index is -1.04. The zero-order valence-corrected chi connectivity index (χ0v) is 13.4. The van der Waals surface area contributed by atoms with Crippen LogP contribution >= 0.6 is 11.8 Å². The number of carboxylic acids is 1. The Hall–Kier alpha value is -1.86. The van der Waals surface area contributed by atoms with Crippen molar-refractivity contribution in [2.24, 2.45) is 5.73 Å². The number of aromatic nitrogens is 1. The minimum absolute atomic E-state index is 0.128. The van der Waals surface area contributed by atoms with Crippen molar-refractivity contribution < 1.29 is 19.3 Å². The Morgan fingerprint density at radius 3 is 3.09 bits per heavy atom. The third-order valence-electron chi connectivity index (χ3n) is 4.79. The second kappa shape index (κ2) is 5.35. The highest BCUT2D eigenvalue weighted by Gasteiger charge is 2.52. The number of amides is 1. The van der Waals surface area contributed by atoms with Gasteiger partial charge in [-0.3, -0.25) is 9.69 Å². The molecule has 1 aromatic rings. The number of β-lactam (4-membered cyclic amide) rings is 1. The number of nitrogens with zero attached hydrogens (tertiary/aromatic N) is 2. The lowest BCUT2D eigenvalue weighted by Gasteiger charge is -2.47. The monoisotopic (exact) mass is 332 g/mol. The first-order chi connectivity index (χ1) is 11.1. The van der Waals surface area contributed by atoms with Gasteiger partial charge in [0.15, 0.2) is 18.4 Å². The fourth-order valence-electron chi connectivity index (χ4n) is 3.67. The van der Waals surface area contributed by atoms with E-state index in [0.29, 0.717) is 12.3 Å². The molecule has 120 valence electrons. The molecule has 0 radical (unpaired) electrons. The summed E-state index contributed by atoms with van der Waals surface area (Å²) in [4.78, 5) is 25.1. The molecule has 4 rings (SSSR count). The highest BCUT2D eigenvalue weighted by Crippen LogP contribution is 2.39. The Kier molecular flexibility index (Phi) is 3.42. The van der Waals surface area contributed by atoms with Crippen molar-refractivity contribution in [1.82, 2.24) is 4.90 Å². The topological polar surface area (TPSA) is 87.5 Å². The molecule has 1 fully saturated rings. The summed E-state index contributed by atoms with van der Waals surface area (Å²) >= 11 is 1.55. The lowest BCUT2D eigenvalue weighted by atomic mass is 10.0.